The van der Waals surface area contributed by atoms with Crippen LogP contribution >= 0.6 is 0 Å². The second-order valence-electron chi connectivity index (χ2n) is 7.24. The third-order valence-electron chi connectivity index (χ3n) is 5.20. The largest absolute Gasteiger partial charge is 0.369 e. The maximum absolute atomic E-state index is 11.6. The molecule has 2 unspecified atom stereocenters. The Kier molecular flexibility index (Phi) is 4.51. The number of rotatable bonds is 6. The maximum atomic E-state index is 11.6. The van der Waals surface area contributed by atoms with Crippen LogP contribution in [0.2, 0.25) is 0 Å². The van der Waals surface area contributed by atoms with Gasteiger partial charge in [-0.2, -0.15) is 0 Å². The molecule has 2 amide bonds. The van der Waals surface area contributed by atoms with Gasteiger partial charge in [-0.1, -0.05) is 23.8 Å². The van der Waals surface area contributed by atoms with Crippen molar-refractivity contribution >= 4 is 28.8 Å². The molecule has 2 aliphatic carbocycles. The van der Waals surface area contributed by atoms with Gasteiger partial charge in [-0.25, -0.2) is 19.7 Å². The summed E-state index contributed by atoms with van der Waals surface area (Å²) in [7, 11) is 0. The summed E-state index contributed by atoms with van der Waals surface area (Å²) in [6.07, 6.45) is 11.0. The van der Waals surface area contributed by atoms with Gasteiger partial charge in [-0.15, -0.1) is 0 Å². The summed E-state index contributed by atoms with van der Waals surface area (Å²) >= 11 is 0. The quantitative estimate of drug-likeness (QED) is 0.730. The fourth-order valence-corrected chi connectivity index (χ4v) is 3.61. The number of carbonyl (C=O) groups is 1. The topological polar surface area (TPSA) is 91.8 Å². The van der Waals surface area contributed by atoms with Gasteiger partial charge in [-0.05, 0) is 50.2 Å². The second kappa shape index (κ2) is 6.98. The highest BCUT2D eigenvalue weighted by atomic mass is 16.2. The number of amides is 2. The van der Waals surface area contributed by atoms with Gasteiger partial charge in [0.05, 0.1) is 6.20 Å². The van der Waals surface area contributed by atoms with Gasteiger partial charge in [0.25, 0.3) is 0 Å². The van der Waals surface area contributed by atoms with Crippen molar-refractivity contribution in [2.45, 2.75) is 26.7 Å². The summed E-state index contributed by atoms with van der Waals surface area (Å²) in [6, 6.07) is 3.24. The van der Waals surface area contributed by atoms with E-state index in [-0.39, 0.29) is 6.03 Å². The third kappa shape index (κ3) is 3.77. The maximum Gasteiger partial charge on any atom is 0.320 e. The zero-order valence-electron chi connectivity index (χ0n) is 15.6. The van der Waals surface area contributed by atoms with Crippen molar-refractivity contribution in [3.63, 3.8) is 0 Å². The fraction of sp³-hybridized carbons (Fsp3) is 0.400. The molecule has 2 aliphatic rings. The molecule has 0 spiro atoms. The standard InChI is InChI=1S/C20H24N6O/c1-3-21-19(27)26-16-5-4-15-18(24-16)25-17(12-23-15)22-9-8-20-7-6-13(2)10-14(20)11-20/h4-7,10,12,14H,3,8-9,11H2,1-2H3,(H3,21,22,24,25,26,27). The van der Waals surface area contributed by atoms with E-state index in [9.17, 15) is 4.79 Å². The lowest BCUT2D eigenvalue weighted by Gasteiger charge is -2.16. The van der Waals surface area contributed by atoms with Crippen LogP contribution in [0.1, 0.15) is 26.7 Å². The minimum atomic E-state index is -0.283. The minimum Gasteiger partial charge on any atom is -0.369 e. The highest BCUT2D eigenvalue weighted by molar-refractivity contribution is 5.89. The van der Waals surface area contributed by atoms with E-state index in [0.29, 0.717) is 40.7 Å². The van der Waals surface area contributed by atoms with E-state index < -0.39 is 0 Å². The SMILES string of the molecule is CCNC(=O)Nc1ccc2ncc(NCCC34C=CC(C)=CC3C4)nc2n1. The lowest BCUT2D eigenvalue weighted by Crippen LogP contribution is -2.28. The molecule has 2 aromatic rings. The zero-order chi connectivity index (χ0) is 18.9. The summed E-state index contributed by atoms with van der Waals surface area (Å²) in [5, 5.41) is 8.73. The Morgan fingerprint density at radius 3 is 2.96 bits per heavy atom. The molecule has 1 fully saturated rings. The Labute approximate surface area is 158 Å². The number of hydrogen-bond donors (Lipinski definition) is 3. The third-order valence-corrected chi connectivity index (χ3v) is 5.20. The monoisotopic (exact) mass is 364 g/mol. The minimum absolute atomic E-state index is 0.283. The molecule has 0 saturated heterocycles. The van der Waals surface area contributed by atoms with E-state index in [4.69, 9.17) is 0 Å². The van der Waals surface area contributed by atoms with Crippen molar-refractivity contribution < 1.29 is 4.79 Å². The van der Waals surface area contributed by atoms with E-state index in [0.717, 1.165) is 13.0 Å². The summed E-state index contributed by atoms with van der Waals surface area (Å²) in [5.74, 6) is 1.84. The lowest BCUT2D eigenvalue weighted by atomic mass is 9.93. The van der Waals surface area contributed by atoms with Crippen LogP contribution in [0.15, 0.2) is 42.1 Å². The molecule has 1 saturated carbocycles. The number of carbonyl (C=O) groups excluding carboxylic acids is 1. The van der Waals surface area contributed by atoms with Crippen molar-refractivity contribution in [2.75, 3.05) is 23.7 Å². The van der Waals surface area contributed by atoms with Crippen molar-refractivity contribution in [1.82, 2.24) is 20.3 Å². The molecule has 27 heavy (non-hydrogen) atoms. The molecule has 0 radical (unpaired) electrons. The van der Waals surface area contributed by atoms with E-state index >= 15 is 0 Å². The number of allylic oxidation sites excluding steroid dienone is 4. The van der Waals surface area contributed by atoms with E-state index in [2.05, 4.69) is 56.1 Å². The molecule has 4 rings (SSSR count). The number of hydrogen-bond acceptors (Lipinski definition) is 5. The highest BCUT2D eigenvalue weighted by Gasteiger charge is 2.51. The normalized spacial score (nSPS) is 22.7. The molecule has 7 nitrogen and oxygen atoms in total. The fourth-order valence-electron chi connectivity index (χ4n) is 3.61. The van der Waals surface area contributed by atoms with Crippen LogP contribution in [0.5, 0.6) is 0 Å². The average Bonchev–Trinajstić information content (AvgIpc) is 3.35. The molecule has 7 heteroatoms. The number of aromatic nitrogens is 3. The van der Waals surface area contributed by atoms with Crippen LogP contribution in [0.4, 0.5) is 16.4 Å². The molecule has 2 heterocycles. The summed E-state index contributed by atoms with van der Waals surface area (Å²) in [5.41, 5.74) is 2.90. The molecule has 0 bridgehead atoms. The second-order valence-corrected chi connectivity index (χ2v) is 7.24. The smallest absolute Gasteiger partial charge is 0.320 e. The van der Waals surface area contributed by atoms with Gasteiger partial charge in [-0.3, -0.25) is 5.32 Å². The van der Waals surface area contributed by atoms with Crippen LogP contribution in [-0.2, 0) is 0 Å². The van der Waals surface area contributed by atoms with Crippen LogP contribution < -0.4 is 16.0 Å². The molecule has 2 aromatic heterocycles. The van der Waals surface area contributed by atoms with Crippen molar-refractivity contribution in [2.24, 2.45) is 11.3 Å². The number of anilines is 2. The number of nitrogens with zero attached hydrogens (tertiary/aromatic N) is 3. The van der Waals surface area contributed by atoms with Gasteiger partial charge in [0.2, 0.25) is 0 Å². The first kappa shape index (κ1) is 17.5. The molecule has 3 N–H and O–H groups in total. The number of pyridine rings is 1. The lowest BCUT2D eigenvalue weighted by molar-refractivity contribution is 0.252. The van der Waals surface area contributed by atoms with Crippen LogP contribution in [0, 0.1) is 11.3 Å². The molecule has 0 aliphatic heterocycles. The van der Waals surface area contributed by atoms with Gasteiger partial charge < -0.3 is 10.6 Å². The molecule has 0 aromatic carbocycles. The first-order valence-corrected chi connectivity index (χ1v) is 9.38. The van der Waals surface area contributed by atoms with Crippen LogP contribution in [0.25, 0.3) is 11.2 Å². The summed E-state index contributed by atoms with van der Waals surface area (Å²) in [6.45, 7) is 5.41. The average molecular weight is 364 g/mol. The number of urea groups is 1. The van der Waals surface area contributed by atoms with Crippen LogP contribution in [0.3, 0.4) is 0 Å². The Morgan fingerprint density at radius 1 is 1.30 bits per heavy atom. The van der Waals surface area contributed by atoms with Gasteiger partial charge in [0.15, 0.2) is 5.65 Å². The van der Waals surface area contributed by atoms with Crippen molar-refractivity contribution in [3.8, 4) is 0 Å². The first-order chi connectivity index (χ1) is 13.1. The highest BCUT2D eigenvalue weighted by Crippen LogP contribution is 2.59. The molecular formula is C20H24N6O. The van der Waals surface area contributed by atoms with Crippen LogP contribution in [-0.4, -0.2) is 34.1 Å². The Hall–Kier alpha value is -2.96. The zero-order valence-corrected chi connectivity index (χ0v) is 15.6. The van der Waals surface area contributed by atoms with Gasteiger partial charge in [0.1, 0.15) is 17.2 Å². The predicted octanol–water partition coefficient (Wildman–Crippen LogP) is 3.49. The van der Waals surface area contributed by atoms with Crippen molar-refractivity contribution in [1.29, 1.82) is 0 Å². The predicted molar refractivity (Wildman–Crippen MR) is 107 cm³/mol. The Morgan fingerprint density at radius 2 is 2.15 bits per heavy atom. The first-order valence-electron chi connectivity index (χ1n) is 9.38. The Balaban J connectivity index is 1.39. The molecular weight excluding hydrogens is 340 g/mol. The number of nitrogens with one attached hydrogen (secondary N) is 3. The summed E-state index contributed by atoms with van der Waals surface area (Å²) < 4.78 is 0. The molecule has 2 atom stereocenters. The van der Waals surface area contributed by atoms with E-state index in [1.54, 1.807) is 18.3 Å². The summed E-state index contributed by atoms with van der Waals surface area (Å²) in [4.78, 5) is 25.0. The number of fused-ring (bicyclic) bond motifs is 2. The molecule has 140 valence electrons. The van der Waals surface area contributed by atoms with Crippen molar-refractivity contribution in [3.05, 3.63) is 42.1 Å². The van der Waals surface area contributed by atoms with E-state index in [1.165, 1.54) is 12.0 Å². The Bertz CT molecular complexity index is 937. The van der Waals surface area contributed by atoms with Gasteiger partial charge >= 0.3 is 6.03 Å². The van der Waals surface area contributed by atoms with Gasteiger partial charge in [0, 0.05) is 13.1 Å². The van der Waals surface area contributed by atoms with E-state index in [1.807, 2.05) is 6.92 Å².